The van der Waals surface area contributed by atoms with E-state index in [-0.39, 0.29) is 16.5 Å². The smallest absolute Gasteiger partial charge is 0.261 e. The Labute approximate surface area is 155 Å². The Bertz CT molecular complexity index is 1040. The molecule has 3 rings (SSSR count). The zero-order chi connectivity index (χ0) is 18.7. The third-order valence-electron chi connectivity index (χ3n) is 3.77. The average molecular weight is 392 g/mol. The highest BCUT2D eigenvalue weighted by molar-refractivity contribution is 7.92. The molecule has 0 heterocycles. The summed E-state index contributed by atoms with van der Waals surface area (Å²) >= 11 is 6.04. The molecule has 0 aliphatic carbocycles. The van der Waals surface area contributed by atoms with Gasteiger partial charge in [-0.1, -0.05) is 35.9 Å². The molecule has 3 aromatic rings. The van der Waals surface area contributed by atoms with E-state index < -0.39 is 15.8 Å². The Hall–Kier alpha value is -2.41. The minimum atomic E-state index is -3.78. The predicted octanol–water partition coefficient (Wildman–Crippen LogP) is 4.44. The van der Waals surface area contributed by atoms with Gasteiger partial charge in [0.15, 0.2) is 0 Å². The van der Waals surface area contributed by atoms with Gasteiger partial charge >= 0.3 is 0 Å². The van der Waals surface area contributed by atoms with Crippen LogP contribution in [0.4, 0.5) is 10.1 Å². The molecule has 134 valence electrons. The average Bonchev–Trinajstić information content (AvgIpc) is 2.62. The van der Waals surface area contributed by atoms with E-state index in [0.717, 1.165) is 0 Å². The fourth-order valence-corrected chi connectivity index (χ4v) is 3.81. The molecule has 0 radical (unpaired) electrons. The predicted molar refractivity (Wildman–Crippen MR) is 100 cm³/mol. The lowest BCUT2D eigenvalue weighted by atomic mass is 10.1. The van der Waals surface area contributed by atoms with Crippen molar-refractivity contribution in [1.82, 2.24) is 0 Å². The van der Waals surface area contributed by atoms with Crippen LogP contribution in [0.25, 0.3) is 11.1 Å². The van der Waals surface area contributed by atoms with Crippen molar-refractivity contribution in [3.05, 3.63) is 83.1 Å². The van der Waals surface area contributed by atoms with Crippen LogP contribution in [0, 0.1) is 5.82 Å². The Balaban J connectivity index is 1.87. The normalized spacial score (nSPS) is 11.3. The molecule has 0 unspecified atom stereocenters. The first-order valence-electron chi connectivity index (χ1n) is 7.67. The summed E-state index contributed by atoms with van der Waals surface area (Å²) in [5, 5.41) is 9.39. The Kier molecular flexibility index (Phi) is 5.27. The number of benzene rings is 3. The molecule has 4 nitrogen and oxygen atoms in total. The SMILES string of the molecule is O=S(=O)(Nc1cccc(CO)c1)c1ccc(-c2ccc(F)cc2Cl)cc1. The third-order valence-corrected chi connectivity index (χ3v) is 5.48. The molecule has 0 amide bonds. The summed E-state index contributed by atoms with van der Waals surface area (Å²) in [6.07, 6.45) is 0. The fraction of sp³-hybridized carbons (Fsp3) is 0.0526. The van der Waals surface area contributed by atoms with Crippen molar-refractivity contribution in [3.8, 4) is 11.1 Å². The molecule has 0 aliphatic heterocycles. The monoisotopic (exact) mass is 391 g/mol. The first-order chi connectivity index (χ1) is 12.4. The first-order valence-corrected chi connectivity index (χ1v) is 9.53. The number of hydrogen-bond acceptors (Lipinski definition) is 3. The van der Waals surface area contributed by atoms with Gasteiger partial charge in [0.05, 0.1) is 16.5 Å². The molecular weight excluding hydrogens is 377 g/mol. The van der Waals surface area contributed by atoms with Gasteiger partial charge in [-0.25, -0.2) is 12.8 Å². The van der Waals surface area contributed by atoms with Crippen molar-refractivity contribution in [2.45, 2.75) is 11.5 Å². The second-order valence-corrected chi connectivity index (χ2v) is 7.70. The van der Waals surface area contributed by atoms with E-state index in [2.05, 4.69) is 4.72 Å². The van der Waals surface area contributed by atoms with Crippen molar-refractivity contribution >= 4 is 27.3 Å². The molecule has 0 fully saturated rings. The van der Waals surface area contributed by atoms with E-state index in [1.165, 1.54) is 24.3 Å². The van der Waals surface area contributed by atoms with Gasteiger partial charge in [-0.05, 0) is 53.6 Å². The van der Waals surface area contributed by atoms with Gasteiger partial charge in [0.1, 0.15) is 5.82 Å². The van der Waals surface area contributed by atoms with E-state index in [1.54, 1.807) is 42.5 Å². The van der Waals surface area contributed by atoms with Crippen molar-refractivity contribution in [2.75, 3.05) is 4.72 Å². The number of hydrogen-bond donors (Lipinski definition) is 2. The number of aliphatic hydroxyl groups is 1. The van der Waals surface area contributed by atoms with Crippen LogP contribution in [0.3, 0.4) is 0 Å². The number of rotatable bonds is 5. The molecular formula is C19H15ClFNO3S. The lowest BCUT2D eigenvalue weighted by Crippen LogP contribution is -2.13. The Morgan fingerprint density at radius 1 is 1.00 bits per heavy atom. The van der Waals surface area contributed by atoms with E-state index in [4.69, 9.17) is 16.7 Å². The van der Waals surface area contributed by atoms with Gasteiger partial charge in [-0.15, -0.1) is 0 Å². The number of anilines is 1. The second kappa shape index (κ2) is 7.45. The number of nitrogens with one attached hydrogen (secondary N) is 1. The number of sulfonamides is 1. The van der Waals surface area contributed by atoms with Gasteiger partial charge in [0.2, 0.25) is 0 Å². The maximum atomic E-state index is 13.2. The molecule has 26 heavy (non-hydrogen) atoms. The van der Waals surface area contributed by atoms with Crippen LogP contribution >= 0.6 is 11.6 Å². The van der Waals surface area contributed by atoms with Crippen LogP contribution in [-0.4, -0.2) is 13.5 Å². The molecule has 3 aromatic carbocycles. The maximum Gasteiger partial charge on any atom is 0.261 e. The Morgan fingerprint density at radius 3 is 2.38 bits per heavy atom. The lowest BCUT2D eigenvalue weighted by molar-refractivity contribution is 0.282. The van der Waals surface area contributed by atoms with E-state index in [1.807, 2.05) is 0 Å². The molecule has 0 saturated carbocycles. The second-order valence-electron chi connectivity index (χ2n) is 5.61. The summed E-state index contributed by atoms with van der Waals surface area (Å²) in [5.41, 5.74) is 2.26. The van der Waals surface area contributed by atoms with Crippen LogP contribution in [-0.2, 0) is 16.6 Å². The molecule has 0 aromatic heterocycles. The topological polar surface area (TPSA) is 66.4 Å². The van der Waals surface area contributed by atoms with Crippen molar-refractivity contribution < 1.29 is 17.9 Å². The summed E-state index contributed by atoms with van der Waals surface area (Å²) in [4.78, 5) is 0.0777. The van der Waals surface area contributed by atoms with Gasteiger partial charge in [-0.2, -0.15) is 0 Å². The molecule has 0 bridgehead atoms. The van der Waals surface area contributed by atoms with Crippen LogP contribution in [0.15, 0.2) is 71.6 Å². The summed E-state index contributed by atoms with van der Waals surface area (Å²) in [6.45, 7) is -0.178. The summed E-state index contributed by atoms with van der Waals surface area (Å²) in [5.74, 6) is -0.438. The van der Waals surface area contributed by atoms with E-state index in [0.29, 0.717) is 22.4 Å². The van der Waals surface area contributed by atoms with Crippen LogP contribution in [0.5, 0.6) is 0 Å². The highest BCUT2D eigenvalue weighted by atomic mass is 35.5. The quantitative estimate of drug-likeness (QED) is 0.675. The molecule has 0 spiro atoms. The first kappa shape index (κ1) is 18.4. The summed E-state index contributed by atoms with van der Waals surface area (Å²) in [6, 6.07) is 16.7. The standard InChI is InChI=1S/C19H15ClFNO3S/c20-19-11-15(21)6-9-18(19)14-4-7-17(8-5-14)26(24,25)22-16-3-1-2-13(10-16)12-23/h1-11,22-23H,12H2. The summed E-state index contributed by atoms with van der Waals surface area (Å²) < 4.78 is 40.7. The lowest BCUT2D eigenvalue weighted by Gasteiger charge is -2.10. The number of aliphatic hydroxyl groups excluding tert-OH is 1. The summed E-state index contributed by atoms with van der Waals surface area (Å²) in [7, 11) is -3.78. The van der Waals surface area contributed by atoms with Crippen molar-refractivity contribution in [3.63, 3.8) is 0 Å². The Morgan fingerprint density at radius 2 is 1.73 bits per heavy atom. The van der Waals surface area contributed by atoms with Gasteiger partial charge in [-0.3, -0.25) is 4.72 Å². The zero-order valence-corrected chi connectivity index (χ0v) is 15.1. The molecule has 0 saturated heterocycles. The van der Waals surface area contributed by atoms with Crippen molar-refractivity contribution in [2.24, 2.45) is 0 Å². The van der Waals surface area contributed by atoms with E-state index in [9.17, 15) is 12.8 Å². The van der Waals surface area contributed by atoms with Gasteiger partial charge < -0.3 is 5.11 Å². The van der Waals surface area contributed by atoms with Crippen LogP contribution in [0.2, 0.25) is 5.02 Å². The minimum Gasteiger partial charge on any atom is -0.392 e. The highest BCUT2D eigenvalue weighted by Crippen LogP contribution is 2.29. The molecule has 2 N–H and O–H groups in total. The van der Waals surface area contributed by atoms with Gasteiger partial charge in [0, 0.05) is 11.3 Å². The van der Waals surface area contributed by atoms with Crippen LogP contribution in [0.1, 0.15) is 5.56 Å². The number of halogens is 2. The fourth-order valence-electron chi connectivity index (χ4n) is 2.48. The largest absolute Gasteiger partial charge is 0.392 e. The molecule has 0 atom stereocenters. The molecule has 7 heteroatoms. The van der Waals surface area contributed by atoms with Crippen LogP contribution < -0.4 is 4.72 Å². The van der Waals surface area contributed by atoms with E-state index >= 15 is 0 Å². The highest BCUT2D eigenvalue weighted by Gasteiger charge is 2.15. The maximum absolute atomic E-state index is 13.2. The zero-order valence-electron chi connectivity index (χ0n) is 13.5. The third kappa shape index (κ3) is 4.04. The van der Waals surface area contributed by atoms with Crippen molar-refractivity contribution in [1.29, 1.82) is 0 Å². The van der Waals surface area contributed by atoms with Gasteiger partial charge in [0.25, 0.3) is 10.0 Å². The minimum absolute atomic E-state index is 0.0777. The molecule has 0 aliphatic rings.